The lowest BCUT2D eigenvalue weighted by Gasteiger charge is -2.20. The summed E-state index contributed by atoms with van der Waals surface area (Å²) in [5.74, 6) is 0. The zero-order valence-corrected chi connectivity index (χ0v) is 13.0. The molecule has 0 unspecified atom stereocenters. The molecule has 0 rings (SSSR count). The summed E-state index contributed by atoms with van der Waals surface area (Å²) in [6.07, 6.45) is 2.33. The van der Waals surface area contributed by atoms with Gasteiger partial charge >= 0.3 is 8.56 Å². The molecule has 0 aliphatic carbocycles. The van der Waals surface area contributed by atoms with Crippen LogP contribution in [0.5, 0.6) is 0 Å². The molecular weight excluding hydrogens is 204 g/mol. The van der Waals surface area contributed by atoms with Gasteiger partial charge < -0.3 is 12.7 Å². The maximum absolute atomic E-state index is 5.59. The third kappa shape index (κ3) is 7.19. The predicted molar refractivity (Wildman–Crippen MR) is 59.0 cm³/mol. The van der Waals surface area contributed by atoms with E-state index in [2.05, 4.69) is 20.0 Å². The van der Waals surface area contributed by atoms with Gasteiger partial charge in [-0.2, -0.15) is 0 Å². The van der Waals surface area contributed by atoms with E-state index in [0.717, 1.165) is 23.5 Å². The van der Waals surface area contributed by atoms with Crippen LogP contribution in [0.1, 0.15) is 19.8 Å². The van der Waals surface area contributed by atoms with Gasteiger partial charge in [0.25, 0.3) is 10.0 Å². The number of rotatable bonds is 7. The van der Waals surface area contributed by atoms with Gasteiger partial charge in [0.05, 0.1) is 0 Å². The van der Waals surface area contributed by atoms with E-state index < -0.39 is 18.6 Å². The van der Waals surface area contributed by atoms with E-state index in [0.29, 0.717) is 0 Å². The minimum Gasteiger partial charge on any atom is -0.445 e. The van der Waals surface area contributed by atoms with E-state index in [1.165, 1.54) is 6.42 Å². The first-order valence-electron chi connectivity index (χ1n) is 4.39. The van der Waals surface area contributed by atoms with Crippen molar-refractivity contribution in [2.45, 2.75) is 32.9 Å². The van der Waals surface area contributed by atoms with E-state index in [-0.39, 0.29) is 0 Å². The van der Waals surface area contributed by atoms with E-state index in [9.17, 15) is 0 Å². The number of hydrogen-bond acceptors (Lipinski definition) is 3. The molecule has 0 aliphatic rings. The molecule has 0 atom stereocenters. The molecule has 0 aliphatic heterocycles. The standard InChI is InChI=1S/C6H20O3Si3/c1-4-5-6-7-11-9-12(2,3)8-10/h4-6,11H2,1-3,10H3. The number of unbranched alkanes of at least 4 members (excludes halogenated alkanes) is 1. The van der Waals surface area contributed by atoms with Gasteiger partial charge in [-0.3, -0.25) is 0 Å². The zero-order chi connectivity index (χ0) is 9.45. The Morgan fingerprint density at radius 2 is 2.08 bits per heavy atom. The second-order valence-corrected chi connectivity index (χ2v) is 9.36. The second kappa shape index (κ2) is 6.98. The molecule has 12 heavy (non-hydrogen) atoms. The largest absolute Gasteiger partial charge is 0.445 e. The molecule has 0 fully saturated rings. The Kier molecular flexibility index (Phi) is 7.29. The Balaban J connectivity index is 3.19. The molecule has 0 aromatic rings. The third-order valence-corrected chi connectivity index (χ3v) is 9.26. The minimum atomic E-state index is -1.74. The van der Waals surface area contributed by atoms with Gasteiger partial charge in [0.15, 0.2) is 0 Å². The first-order valence-corrected chi connectivity index (χ1v) is 9.18. The smallest absolute Gasteiger partial charge is 0.311 e. The average molecular weight is 224 g/mol. The summed E-state index contributed by atoms with van der Waals surface area (Å²) in [5.41, 5.74) is 0. The van der Waals surface area contributed by atoms with E-state index in [1.807, 2.05) is 0 Å². The van der Waals surface area contributed by atoms with Gasteiger partial charge in [-0.05, 0) is 19.5 Å². The molecule has 6 heteroatoms. The van der Waals surface area contributed by atoms with E-state index in [1.54, 1.807) is 0 Å². The molecular formula is C6H20O3Si3. The van der Waals surface area contributed by atoms with Crippen LogP contribution in [0.15, 0.2) is 0 Å². The van der Waals surface area contributed by atoms with Gasteiger partial charge in [-0.1, -0.05) is 13.3 Å². The highest BCUT2D eigenvalue weighted by Gasteiger charge is 2.20. The van der Waals surface area contributed by atoms with Crippen molar-refractivity contribution in [2.75, 3.05) is 6.61 Å². The first-order chi connectivity index (χ1) is 5.62. The highest BCUT2D eigenvalue weighted by molar-refractivity contribution is 6.71. The van der Waals surface area contributed by atoms with Crippen LogP contribution in [0.4, 0.5) is 0 Å². The molecule has 0 amide bonds. The zero-order valence-electron chi connectivity index (χ0n) is 8.55. The fraction of sp³-hybridized carbons (Fsp3) is 1.00. The SMILES string of the molecule is CCCCO[SiH2]O[Si](C)(C)O[SiH3]. The average Bonchev–Trinajstić information content (AvgIpc) is 2.04. The fourth-order valence-electron chi connectivity index (χ4n) is 0.548. The number of hydrogen-bond donors (Lipinski definition) is 0. The van der Waals surface area contributed by atoms with Crippen molar-refractivity contribution in [3.05, 3.63) is 0 Å². The lowest BCUT2D eigenvalue weighted by Crippen LogP contribution is -2.36. The van der Waals surface area contributed by atoms with Crippen LogP contribution >= 0.6 is 0 Å². The predicted octanol–water partition coefficient (Wildman–Crippen LogP) is -0.183. The molecule has 3 nitrogen and oxygen atoms in total. The molecule has 74 valence electrons. The van der Waals surface area contributed by atoms with Crippen LogP contribution in [0.2, 0.25) is 13.1 Å². The van der Waals surface area contributed by atoms with Crippen LogP contribution in [-0.2, 0) is 12.7 Å². The maximum Gasteiger partial charge on any atom is 0.311 e. The van der Waals surface area contributed by atoms with Crippen LogP contribution in [0, 0.1) is 0 Å². The molecule has 0 aromatic heterocycles. The minimum absolute atomic E-state index is 0.765. The summed E-state index contributed by atoms with van der Waals surface area (Å²) >= 11 is 0. The molecule has 0 radical (unpaired) electrons. The Morgan fingerprint density at radius 3 is 2.58 bits per heavy atom. The normalized spacial score (nSPS) is 13.2. The Bertz CT molecular complexity index is 110. The van der Waals surface area contributed by atoms with Gasteiger partial charge in [0.2, 0.25) is 0 Å². The highest BCUT2D eigenvalue weighted by Crippen LogP contribution is 2.02. The molecule has 0 saturated carbocycles. The van der Waals surface area contributed by atoms with Crippen molar-refractivity contribution < 1.29 is 12.7 Å². The topological polar surface area (TPSA) is 27.7 Å². The van der Waals surface area contributed by atoms with Gasteiger partial charge in [-0.25, -0.2) is 0 Å². The molecule has 0 aromatic carbocycles. The Morgan fingerprint density at radius 1 is 1.42 bits per heavy atom. The van der Waals surface area contributed by atoms with Crippen molar-refractivity contribution in [1.82, 2.24) is 0 Å². The first kappa shape index (κ1) is 12.5. The lowest BCUT2D eigenvalue weighted by molar-refractivity contribution is 0.268. The van der Waals surface area contributed by atoms with Gasteiger partial charge in [0.1, 0.15) is 10.5 Å². The fourth-order valence-corrected chi connectivity index (χ4v) is 3.87. The summed E-state index contributed by atoms with van der Waals surface area (Å²) in [7, 11) is -1.73. The third-order valence-electron chi connectivity index (χ3n) is 1.62. The molecule has 0 N–H and O–H groups in total. The van der Waals surface area contributed by atoms with Crippen LogP contribution in [0.25, 0.3) is 0 Å². The molecule has 0 saturated heterocycles. The second-order valence-electron chi connectivity index (χ2n) is 3.13. The van der Waals surface area contributed by atoms with Crippen molar-refractivity contribution in [3.8, 4) is 0 Å². The van der Waals surface area contributed by atoms with Crippen molar-refractivity contribution in [2.24, 2.45) is 0 Å². The van der Waals surface area contributed by atoms with Crippen LogP contribution in [-0.4, -0.2) is 35.7 Å². The summed E-state index contributed by atoms with van der Waals surface area (Å²) < 4.78 is 16.3. The summed E-state index contributed by atoms with van der Waals surface area (Å²) in [4.78, 5) is 0. The highest BCUT2D eigenvalue weighted by atomic mass is 28.4. The molecule has 0 bridgehead atoms. The summed E-state index contributed by atoms with van der Waals surface area (Å²) in [6, 6.07) is 0. The monoisotopic (exact) mass is 224 g/mol. The Labute approximate surface area is 81.6 Å². The summed E-state index contributed by atoms with van der Waals surface area (Å²) in [6.45, 7) is 7.14. The molecule has 0 spiro atoms. The van der Waals surface area contributed by atoms with E-state index in [4.69, 9.17) is 12.7 Å². The quantitative estimate of drug-likeness (QED) is 0.443. The van der Waals surface area contributed by atoms with Crippen molar-refractivity contribution in [3.63, 3.8) is 0 Å². The van der Waals surface area contributed by atoms with Gasteiger partial charge in [0, 0.05) is 6.61 Å². The summed E-state index contributed by atoms with van der Waals surface area (Å²) in [5, 5.41) is 0. The van der Waals surface area contributed by atoms with Gasteiger partial charge in [-0.15, -0.1) is 0 Å². The van der Waals surface area contributed by atoms with E-state index >= 15 is 0 Å². The maximum atomic E-state index is 5.59. The van der Waals surface area contributed by atoms with Crippen LogP contribution in [0.3, 0.4) is 0 Å². The van der Waals surface area contributed by atoms with Crippen LogP contribution < -0.4 is 0 Å². The lowest BCUT2D eigenvalue weighted by atomic mass is 10.4. The Hall–Kier alpha value is 0.531. The molecule has 0 heterocycles. The van der Waals surface area contributed by atoms with Crippen molar-refractivity contribution >= 4 is 29.1 Å². The van der Waals surface area contributed by atoms with Crippen molar-refractivity contribution in [1.29, 1.82) is 0 Å².